The van der Waals surface area contributed by atoms with Crippen LogP contribution in [0.4, 0.5) is 0 Å². The largest absolute Gasteiger partial charge is 0.481 e. The Morgan fingerprint density at radius 1 is 1.58 bits per heavy atom. The predicted octanol–water partition coefficient (Wildman–Crippen LogP) is -0.0188. The molecule has 0 saturated heterocycles. The lowest BCUT2D eigenvalue weighted by molar-refractivity contribution is -0.134. The molecule has 0 saturated carbocycles. The average Bonchev–Trinajstić information content (AvgIpc) is 1.96. The molecule has 0 aliphatic rings. The quantitative estimate of drug-likeness (QED) is 0.617. The summed E-state index contributed by atoms with van der Waals surface area (Å²) in [4.78, 5) is 20.9. The van der Waals surface area contributed by atoms with E-state index < -0.39 is 5.97 Å². The van der Waals surface area contributed by atoms with Crippen molar-refractivity contribution in [1.29, 1.82) is 0 Å². The molecule has 0 bridgehead atoms. The molecule has 0 aromatic heterocycles. The molecule has 0 fully saturated rings. The summed E-state index contributed by atoms with van der Waals surface area (Å²) in [6.07, 6.45) is 0. The van der Waals surface area contributed by atoms with Crippen LogP contribution in [0.15, 0.2) is 0 Å². The zero-order valence-electron chi connectivity index (χ0n) is 7.16. The standard InChI is InChI=1S/C7H13NO3S/c1-5(9)6(8-2)3-12-4-7(10)11/h6,8H,3-4H2,1-2H3,(H,10,11). The van der Waals surface area contributed by atoms with Gasteiger partial charge in [-0.25, -0.2) is 0 Å². The molecule has 0 aromatic carbocycles. The number of carbonyl (C=O) groups excluding carboxylic acids is 1. The molecule has 2 N–H and O–H groups in total. The molecule has 0 aromatic rings. The number of thioether (sulfide) groups is 1. The number of likely N-dealkylation sites (N-methyl/N-ethyl adjacent to an activating group) is 1. The van der Waals surface area contributed by atoms with Crippen LogP contribution in [0, 0.1) is 0 Å². The number of rotatable bonds is 6. The number of hydrogen-bond acceptors (Lipinski definition) is 4. The van der Waals surface area contributed by atoms with Crippen LogP contribution in [0.5, 0.6) is 0 Å². The maximum Gasteiger partial charge on any atom is 0.313 e. The van der Waals surface area contributed by atoms with Crippen molar-refractivity contribution in [2.24, 2.45) is 0 Å². The highest BCUT2D eigenvalue weighted by Gasteiger charge is 2.11. The Morgan fingerprint density at radius 3 is 2.50 bits per heavy atom. The molecule has 0 rings (SSSR count). The number of aliphatic carboxylic acids is 1. The lowest BCUT2D eigenvalue weighted by atomic mass is 10.2. The lowest BCUT2D eigenvalue weighted by Crippen LogP contribution is -2.34. The van der Waals surface area contributed by atoms with Crippen molar-refractivity contribution in [3.8, 4) is 0 Å². The summed E-state index contributed by atoms with van der Waals surface area (Å²) in [5, 5.41) is 11.1. The summed E-state index contributed by atoms with van der Waals surface area (Å²) in [6, 6.07) is -0.227. The molecule has 0 radical (unpaired) electrons. The van der Waals surface area contributed by atoms with Crippen LogP contribution in [0.3, 0.4) is 0 Å². The summed E-state index contributed by atoms with van der Waals surface area (Å²) in [6.45, 7) is 1.49. The zero-order chi connectivity index (χ0) is 9.56. The number of Topliss-reactive ketones (excluding diaryl/α,β-unsaturated/α-hetero) is 1. The second kappa shape index (κ2) is 6.02. The normalized spacial score (nSPS) is 12.5. The van der Waals surface area contributed by atoms with E-state index >= 15 is 0 Å². The van der Waals surface area contributed by atoms with Gasteiger partial charge in [0.2, 0.25) is 0 Å². The summed E-state index contributed by atoms with van der Waals surface area (Å²) in [7, 11) is 1.69. The second-order valence-electron chi connectivity index (χ2n) is 2.36. The Morgan fingerprint density at radius 2 is 2.17 bits per heavy atom. The van der Waals surface area contributed by atoms with Gasteiger partial charge in [-0.2, -0.15) is 0 Å². The predicted molar refractivity (Wildman–Crippen MR) is 48.5 cm³/mol. The van der Waals surface area contributed by atoms with E-state index in [-0.39, 0.29) is 17.6 Å². The Kier molecular flexibility index (Phi) is 5.74. The van der Waals surface area contributed by atoms with E-state index in [1.807, 2.05) is 0 Å². The Labute approximate surface area is 75.7 Å². The molecular formula is C7H13NO3S. The van der Waals surface area contributed by atoms with Gasteiger partial charge < -0.3 is 10.4 Å². The number of carbonyl (C=O) groups is 2. The Bertz CT molecular complexity index is 172. The van der Waals surface area contributed by atoms with Crippen molar-refractivity contribution >= 4 is 23.5 Å². The van der Waals surface area contributed by atoms with Crippen molar-refractivity contribution in [3.63, 3.8) is 0 Å². The fourth-order valence-corrected chi connectivity index (χ4v) is 1.60. The number of carboxylic acid groups (broad SMARTS) is 1. The fraction of sp³-hybridized carbons (Fsp3) is 0.714. The van der Waals surface area contributed by atoms with Crippen LogP contribution in [-0.2, 0) is 9.59 Å². The van der Waals surface area contributed by atoms with Crippen LogP contribution in [0.25, 0.3) is 0 Å². The second-order valence-corrected chi connectivity index (χ2v) is 3.39. The molecule has 0 aliphatic heterocycles. The topological polar surface area (TPSA) is 66.4 Å². The monoisotopic (exact) mass is 191 g/mol. The van der Waals surface area contributed by atoms with Gasteiger partial charge in [-0.3, -0.25) is 9.59 Å². The van der Waals surface area contributed by atoms with E-state index in [1.165, 1.54) is 18.7 Å². The fourth-order valence-electron chi connectivity index (χ4n) is 0.668. The first-order valence-corrected chi connectivity index (χ1v) is 4.70. The Hall–Kier alpha value is -0.550. The summed E-state index contributed by atoms with van der Waals surface area (Å²) in [5.41, 5.74) is 0. The van der Waals surface area contributed by atoms with E-state index in [9.17, 15) is 9.59 Å². The maximum absolute atomic E-state index is 10.8. The zero-order valence-corrected chi connectivity index (χ0v) is 7.98. The first-order valence-electron chi connectivity index (χ1n) is 3.55. The number of carboxylic acids is 1. The number of ketones is 1. The number of nitrogens with one attached hydrogen (secondary N) is 1. The highest BCUT2D eigenvalue weighted by atomic mass is 32.2. The van der Waals surface area contributed by atoms with Gasteiger partial charge in [0, 0.05) is 5.75 Å². The van der Waals surface area contributed by atoms with Crippen molar-refractivity contribution < 1.29 is 14.7 Å². The van der Waals surface area contributed by atoms with E-state index in [0.29, 0.717) is 5.75 Å². The average molecular weight is 191 g/mol. The highest BCUT2D eigenvalue weighted by Crippen LogP contribution is 2.02. The molecule has 1 unspecified atom stereocenters. The van der Waals surface area contributed by atoms with Gasteiger partial charge in [0.05, 0.1) is 11.8 Å². The van der Waals surface area contributed by atoms with E-state index in [1.54, 1.807) is 7.05 Å². The minimum Gasteiger partial charge on any atom is -0.481 e. The van der Waals surface area contributed by atoms with Gasteiger partial charge in [-0.15, -0.1) is 11.8 Å². The molecule has 0 spiro atoms. The van der Waals surface area contributed by atoms with Crippen LogP contribution in [0.1, 0.15) is 6.92 Å². The van der Waals surface area contributed by atoms with E-state index in [2.05, 4.69) is 5.32 Å². The molecule has 0 heterocycles. The van der Waals surface area contributed by atoms with Crippen LogP contribution in [0.2, 0.25) is 0 Å². The van der Waals surface area contributed by atoms with Gasteiger partial charge in [0.15, 0.2) is 0 Å². The molecule has 12 heavy (non-hydrogen) atoms. The van der Waals surface area contributed by atoms with Gasteiger partial charge in [0.25, 0.3) is 0 Å². The molecule has 1 atom stereocenters. The minimum atomic E-state index is -0.849. The first-order chi connectivity index (χ1) is 5.57. The van der Waals surface area contributed by atoms with Gasteiger partial charge in [0.1, 0.15) is 5.78 Å². The van der Waals surface area contributed by atoms with Gasteiger partial charge in [-0.05, 0) is 14.0 Å². The van der Waals surface area contributed by atoms with Gasteiger partial charge >= 0.3 is 5.97 Å². The molecule has 70 valence electrons. The summed E-state index contributed by atoms with van der Waals surface area (Å²) in [5.74, 6) is -0.252. The van der Waals surface area contributed by atoms with Crippen molar-refractivity contribution in [1.82, 2.24) is 5.32 Å². The molecule has 0 aliphatic carbocycles. The van der Waals surface area contributed by atoms with Crippen LogP contribution < -0.4 is 5.32 Å². The van der Waals surface area contributed by atoms with Crippen LogP contribution >= 0.6 is 11.8 Å². The highest BCUT2D eigenvalue weighted by molar-refractivity contribution is 8.00. The first kappa shape index (κ1) is 11.4. The van der Waals surface area contributed by atoms with Crippen LogP contribution in [-0.4, -0.2) is 41.5 Å². The maximum atomic E-state index is 10.8. The molecule has 4 nitrogen and oxygen atoms in total. The molecular weight excluding hydrogens is 178 g/mol. The van der Waals surface area contributed by atoms with Crippen molar-refractivity contribution in [2.75, 3.05) is 18.6 Å². The molecule has 0 amide bonds. The lowest BCUT2D eigenvalue weighted by Gasteiger charge is -2.10. The van der Waals surface area contributed by atoms with Gasteiger partial charge in [-0.1, -0.05) is 0 Å². The molecule has 5 heteroatoms. The summed E-state index contributed by atoms with van der Waals surface area (Å²) >= 11 is 1.24. The minimum absolute atomic E-state index is 0.0374. The third-order valence-corrected chi connectivity index (χ3v) is 2.37. The SMILES string of the molecule is CNC(CSCC(=O)O)C(C)=O. The number of hydrogen-bond donors (Lipinski definition) is 2. The Balaban J connectivity index is 3.59. The summed E-state index contributed by atoms with van der Waals surface area (Å²) < 4.78 is 0. The third kappa shape index (κ3) is 5.15. The van der Waals surface area contributed by atoms with E-state index in [0.717, 1.165) is 0 Å². The van der Waals surface area contributed by atoms with Crippen molar-refractivity contribution in [3.05, 3.63) is 0 Å². The van der Waals surface area contributed by atoms with E-state index in [4.69, 9.17) is 5.11 Å². The van der Waals surface area contributed by atoms with Crippen molar-refractivity contribution in [2.45, 2.75) is 13.0 Å². The third-order valence-electron chi connectivity index (χ3n) is 1.35. The smallest absolute Gasteiger partial charge is 0.313 e.